The predicted octanol–water partition coefficient (Wildman–Crippen LogP) is 4.26. The molecule has 1 amide bonds. The van der Waals surface area contributed by atoms with Gasteiger partial charge in [0, 0.05) is 11.6 Å². The normalized spacial score (nSPS) is 28.6. The third-order valence-corrected chi connectivity index (χ3v) is 5.25. The molecule has 1 aromatic carbocycles. The minimum atomic E-state index is -4.42. The third-order valence-electron chi connectivity index (χ3n) is 5.25. The first-order valence-corrected chi connectivity index (χ1v) is 7.82. The summed E-state index contributed by atoms with van der Waals surface area (Å²) in [6.45, 7) is 1.97. The van der Waals surface area contributed by atoms with E-state index in [9.17, 15) is 18.0 Å². The Morgan fingerprint density at radius 2 is 2.05 bits per heavy atom. The van der Waals surface area contributed by atoms with Gasteiger partial charge >= 0.3 is 6.18 Å². The van der Waals surface area contributed by atoms with Crippen molar-refractivity contribution in [2.45, 2.75) is 44.8 Å². The lowest BCUT2D eigenvalue weighted by molar-refractivity contribution is -0.137. The molecular formula is C17H20F3NO. The van der Waals surface area contributed by atoms with E-state index in [0.29, 0.717) is 11.8 Å². The molecule has 0 aliphatic heterocycles. The Hall–Kier alpha value is -1.52. The highest BCUT2D eigenvalue weighted by Gasteiger charge is 2.42. The Balaban J connectivity index is 1.67. The van der Waals surface area contributed by atoms with Crippen LogP contribution in [0.2, 0.25) is 0 Å². The maximum absolute atomic E-state index is 12.7. The number of nitrogens with one attached hydrogen (secondary N) is 1. The van der Waals surface area contributed by atoms with Crippen molar-refractivity contribution < 1.29 is 18.0 Å². The molecule has 0 saturated heterocycles. The average molecular weight is 311 g/mol. The number of alkyl halides is 3. The smallest absolute Gasteiger partial charge is 0.349 e. The minimum absolute atomic E-state index is 0.0114. The van der Waals surface area contributed by atoms with Crippen LogP contribution in [0.15, 0.2) is 24.3 Å². The summed E-state index contributed by atoms with van der Waals surface area (Å²) >= 11 is 0. The summed E-state index contributed by atoms with van der Waals surface area (Å²) < 4.78 is 38.1. The SMILES string of the molecule is C[C@@H](NC(=O)c1cccc(C(F)(F)F)c1)[C@@H]1C[C@@H]2CC[C@@H]1C2. The molecule has 2 nitrogen and oxygen atoms in total. The van der Waals surface area contributed by atoms with Crippen molar-refractivity contribution in [3.05, 3.63) is 35.4 Å². The molecule has 2 aliphatic carbocycles. The van der Waals surface area contributed by atoms with Gasteiger partial charge in [-0.3, -0.25) is 4.79 Å². The van der Waals surface area contributed by atoms with Crippen LogP contribution in [-0.4, -0.2) is 11.9 Å². The maximum atomic E-state index is 12.7. The third kappa shape index (κ3) is 2.99. The molecule has 0 radical (unpaired) electrons. The fourth-order valence-corrected chi connectivity index (χ4v) is 4.14. The molecule has 1 N–H and O–H groups in total. The Kier molecular flexibility index (Phi) is 3.91. The zero-order valence-corrected chi connectivity index (χ0v) is 12.5. The summed E-state index contributed by atoms with van der Waals surface area (Å²) in [5.74, 6) is 1.50. The van der Waals surface area contributed by atoms with Crippen LogP contribution in [0.4, 0.5) is 13.2 Å². The highest BCUT2D eigenvalue weighted by Crippen LogP contribution is 2.49. The van der Waals surface area contributed by atoms with Gasteiger partial charge in [-0.15, -0.1) is 0 Å². The van der Waals surface area contributed by atoms with E-state index in [1.807, 2.05) is 6.92 Å². The summed E-state index contributed by atoms with van der Waals surface area (Å²) in [5, 5.41) is 2.90. The molecule has 120 valence electrons. The van der Waals surface area contributed by atoms with E-state index in [2.05, 4.69) is 5.32 Å². The highest BCUT2D eigenvalue weighted by atomic mass is 19.4. The van der Waals surface area contributed by atoms with Gasteiger partial charge in [0.05, 0.1) is 5.56 Å². The van der Waals surface area contributed by atoms with Crippen LogP contribution in [0, 0.1) is 17.8 Å². The Labute approximate surface area is 128 Å². The van der Waals surface area contributed by atoms with Gasteiger partial charge in [-0.2, -0.15) is 13.2 Å². The van der Waals surface area contributed by atoms with E-state index in [0.717, 1.165) is 24.5 Å². The summed E-state index contributed by atoms with van der Waals surface area (Å²) in [6.07, 6.45) is 0.463. The van der Waals surface area contributed by atoms with Gasteiger partial charge in [-0.05, 0) is 62.1 Å². The second kappa shape index (κ2) is 5.60. The largest absolute Gasteiger partial charge is 0.416 e. The van der Waals surface area contributed by atoms with E-state index in [1.165, 1.54) is 31.4 Å². The van der Waals surface area contributed by atoms with Crippen LogP contribution in [0.1, 0.15) is 48.5 Å². The van der Waals surface area contributed by atoms with Crippen LogP contribution in [0.3, 0.4) is 0 Å². The number of halogens is 3. The van der Waals surface area contributed by atoms with Gasteiger partial charge in [0.25, 0.3) is 5.91 Å². The number of rotatable bonds is 3. The van der Waals surface area contributed by atoms with Crippen molar-refractivity contribution in [1.82, 2.24) is 5.32 Å². The average Bonchev–Trinajstić information content (AvgIpc) is 3.09. The van der Waals surface area contributed by atoms with Gasteiger partial charge in [0.1, 0.15) is 0 Å². The van der Waals surface area contributed by atoms with Crippen LogP contribution >= 0.6 is 0 Å². The second-order valence-corrected chi connectivity index (χ2v) is 6.68. The molecule has 22 heavy (non-hydrogen) atoms. The van der Waals surface area contributed by atoms with Gasteiger partial charge in [0.2, 0.25) is 0 Å². The zero-order valence-electron chi connectivity index (χ0n) is 12.5. The number of amides is 1. The zero-order chi connectivity index (χ0) is 15.9. The Morgan fingerprint density at radius 3 is 2.64 bits per heavy atom. The van der Waals surface area contributed by atoms with Crippen molar-refractivity contribution in [2.24, 2.45) is 17.8 Å². The summed E-state index contributed by atoms with van der Waals surface area (Å²) in [6, 6.07) is 4.62. The number of benzene rings is 1. The maximum Gasteiger partial charge on any atom is 0.416 e. The Bertz CT molecular complexity index is 569. The number of fused-ring (bicyclic) bond motifs is 2. The van der Waals surface area contributed by atoms with Crippen molar-refractivity contribution >= 4 is 5.91 Å². The highest BCUT2D eigenvalue weighted by molar-refractivity contribution is 5.94. The van der Waals surface area contributed by atoms with Gasteiger partial charge < -0.3 is 5.32 Å². The summed E-state index contributed by atoms with van der Waals surface area (Å²) in [4.78, 5) is 12.2. The van der Waals surface area contributed by atoms with Crippen LogP contribution < -0.4 is 5.32 Å². The minimum Gasteiger partial charge on any atom is -0.349 e. The lowest BCUT2D eigenvalue weighted by Crippen LogP contribution is -2.40. The van der Waals surface area contributed by atoms with E-state index in [1.54, 1.807) is 0 Å². The molecule has 0 spiro atoms. The fraction of sp³-hybridized carbons (Fsp3) is 0.588. The summed E-state index contributed by atoms with van der Waals surface area (Å²) in [7, 11) is 0. The van der Waals surface area contributed by atoms with Crippen molar-refractivity contribution in [1.29, 1.82) is 0 Å². The van der Waals surface area contributed by atoms with E-state index >= 15 is 0 Å². The number of carbonyl (C=O) groups excluding carboxylic acids is 1. The number of carbonyl (C=O) groups is 1. The van der Waals surface area contributed by atoms with Crippen LogP contribution in [0.25, 0.3) is 0 Å². The van der Waals surface area contributed by atoms with Crippen molar-refractivity contribution in [2.75, 3.05) is 0 Å². The van der Waals surface area contributed by atoms with Crippen molar-refractivity contribution in [3.63, 3.8) is 0 Å². The lowest BCUT2D eigenvalue weighted by atomic mass is 9.84. The molecule has 3 rings (SSSR count). The molecule has 0 heterocycles. The molecule has 1 aromatic rings. The van der Waals surface area contributed by atoms with E-state index in [-0.39, 0.29) is 11.6 Å². The molecule has 2 aliphatic rings. The predicted molar refractivity (Wildman–Crippen MR) is 77.3 cm³/mol. The standard InChI is InChI=1S/C17H20F3NO/c1-10(15-8-11-5-6-12(15)7-11)21-16(22)13-3-2-4-14(9-13)17(18,19)20/h2-4,9-12,15H,5-8H2,1H3,(H,21,22)/t10-,11-,12-,15+/m1/s1. The van der Waals surface area contributed by atoms with Crippen LogP contribution in [-0.2, 0) is 6.18 Å². The number of hydrogen-bond acceptors (Lipinski definition) is 1. The molecule has 0 unspecified atom stereocenters. The lowest BCUT2D eigenvalue weighted by Gasteiger charge is -2.28. The fourth-order valence-electron chi connectivity index (χ4n) is 4.14. The molecule has 2 bridgehead atoms. The van der Waals surface area contributed by atoms with Crippen LogP contribution in [0.5, 0.6) is 0 Å². The molecule has 4 atom stereocenters. The first-order valence-electron chi connectivity index (χ1n) is 7.82. The van der Waals surface area contributed by atoms with Gasteiger partial charge in [0.15, 0.2) is 0 Å². The molecular weight excluding hydrogens is 291 g/mol. The monoisotopic (exact) mass is 311 g/mol. The van der Waals surface area contributed by atoms with E-state index < -0.39 is 17.6 Å². The Morgan fingerprint density at radius 1 is 1.27 bits per heavy atom. The molecule has 5 heteroatoms. The number of hydrogen-bond donors (Lipinski definition) is 1. The van der Waals surface area contributed by atoms with Gasteiger partial charge in [-0.1, -0.05) is 12.5 Å². The quantitative estimate of drug-likeness (QED) is 0.888. The molecule has 2 saturated carbocycles. The molecule has 0 aromatic heterocycles. The molecule has 2 fully saturated rings. The van der Waals surface area contributed by atoms with Crippen molar-refractivity contribution in [3.8, 4) is 0 Å². The first-order chi connectivity index (χ1) is 10.3. The van der Waals surface area contributed by atoms with E-state index in [4.69, 9.17) is 0 Å². The first kappa shape index (κ1) is 15.4. The second-order valence-electron chi connectivity index (χ2n) is 6.68. The topological polar surface area (TPSA) is 29.1 Å². The summed E-state index contributed by atoms with van der Waals surface area (Å²) in [5.41, 5.74) is -0.711. The van der Waals surface area contributed by atoms with Gasteiger partial charge in [-0.25, -0.2) is 0 Å².